The molecule has 0 saturated carbocycles. The molecule has 2 unspecified atom stereocenters. The van der Waals surface area contributed by atoms with Crippen LogP contribution < -0.4 is 4.74 Å². The van der Waals surface area contributed by atoms with Gasteiger partial charge in [-0.05, 0) is 19.1 Å². The molecule has 0 radical (unpaired) electrons. The quantitative estimate of drug-likeness (QED) is 0.875. The second-order valence-corrected chi connectivity index (χ2v) is 4.93. The summed E-state index contributed by atoms with van der Waals surface area (Å²) in [5.41, 5.74) is 0.397. The van der Waals surface area contributed by atoms with Gasteiger partial charge in [0.2, 0.25) is 0 Å². The lowest BCUT2D eigenvalue weighted by Gasteiger charge is -2.37. The van der Waals surface area contributed by atoms with Crippen LogP contribution in [0, 0.1) is 11.3 Å². The van der Waals surface area contributed by atoms with Crippen LogP contribution in [-0.2, 0) is 9.53 Å². The first kappa shape index (κ1) is 15.3. The maximum atomic E-state index is 12.2. The zero-order valence-electron chi connectivity index (χ0n) is 11.9. The zero-order chi connectivity index (χ0) is 15.2. The molecule has 1 amide bonds. The molecular formula is C15H18N2O4. The monoisotopic (exact) mass is 290 g/mol. The van der Waals surface area contributed by atoms with E-state index in [1.54, 1.807) is 29.2 Å². The SMILES string of the molecule is CC1COC(CO)CN1C(=O)COc1ccccc1C#N. The molecule has 0 bridgehead atoms. The average molecular weight is 290 g/mol. The lowest BCUT2D eigenvalue weighted by Crippen LogP contribution is -2.53. The van der Waals surface area contributed by atoms with E-state index >= 15 is 0 Å². The number of morpholine rings is 1. The summed E-state index contributed by atoms with van der Waals surface area (Å²) in [5.74, 6) is 0.213. The number of nitrogens with zero attached hydrogens (tertiary/aromatic N) is 2. The molecule has 0 spiro atoms. The molecule has 1 N–H and O–H groups in total. The Morgan fingerprint density at radius 1 is 1.57 bits per heavy atom. The number of aliphatic hydroxyl groups excluding tert-OH is 1. The number of para-hydroxylation sites is 1. The van der Waals surface area contributed by atoms with Crippen molar-refractivity contribution in [1.29, 1.82) is 5.26 Å². The smallest absolute Gasteiger partial charge is 0.260 e. The standard InChI is InChI=1S/C15H18N2O4/c1-11-9-20-13(8-18)7-17(11)15(19)10-21-14-5-3-2-4-12(14)6-16/h2-5,11,13,18H,7-10H2,1H3. The zero-order valence-corrected chi connectivity index (χ0v) is 11.9. The number of benzene rings is 1. The largest absolute Gasteiger partial charge is 0.482 e. The van der Waals surface area contributed by atoms with Crippen LogP contribution in [0.3, 0.4) is 0 Å². The molecule has 6 heteroatoms. The molecule has 21 heavy (non-hydrogen) atoms. The Morgan fingerprint density at radius 3 is 3.05 bits per heavy atom. The van der Waals surface area contributed by atoms with Crippen molar-refractivity contribution in [3.05, 3.63) is 29.8 Å². The van der Waals surface area contributed by atoms with Crippen LogP contribution >= 0.6 is 0 Å². The summed E-state index contributed by atoms with van der Waals surface area (Å²) in [6, 6.07) is 8.75. The highest BCUT2D eigenvalue weighted by atomic mass is 16.5. The van der Waals surface area contributed by atoms with E-state index in [0.717, 1.165) is 0 Å². The normalized spacial score (nSPS) is 21.7. The Morgan fingerprint density at radius 2 is 2.33 bits per heavy atom. The predicted molar refractivity (Wildman–Crippen MR) is 74.7 cm³/mol. The van der Waals surface area contributed by atoms with Crippen molar-refractivity contribution >= 4 is 5.91 Å². The fourth-order valence-corrected chi connectivity index (χ4v) is 2.18. The van der Waals surface area contributed by atoms with Gasteiger partial charge in [0.15, 0.2) is 6.61 Å². The van der Waals surface area contributed by atoms with Crippen LogP contribution in [0.15, 0.2) is 24.3 Å². The van der Waals surface area contributed by atoms with Gasteiger partial charge in [-0.3, -0.25) is 4.79 Å². The maximum Gasteiger partial charge on any atom is 0.260 e. The van der Waals surface area contributed by atoms with E-state index in [0.29, 0.717) is 24.5 Å². The lowest BCUT2D eigenvalue weighted by atomic mass is 10.2. The lowest BCUT2D eigenvalue weighted by molar-refractivity contribution is -0.148. The third-order valence-corrected chi connectivity index (χ3v) is 3.39. The van der Waals surface area contributed by atoms with Gasteiger partial charge < -0.3 is 19.5 Å². The predicted octanol–water partition coefficient (Wildman–Crippen LogP) is 0.545. The van der Waals surface area contributed by atoms with Gasteiger partial charge in [-0.25, -0.2) is 0 Å². The highest BCUT2D eigenvalue weighted by Crippen LogP contribution is 2.17. The summed E-state index contributed by atoms with van der Waals surface area (Å²) >= 11 is 0. The number of hydrogen-bond acceptors (Lipinski definition) is 5. The van der Waals surface area contributed by atoms with Crippen molar-refractivity contribution < 1.29 is 19.4 Å². The second kappa shape index (κ2) is 7.07. The van der Waals surface area contributed by atoms with Crippen molar-refractivity contribution in [2.45, 2.75) is 19.1 Å². The van der Waals surface area contributed by atoms with Gasteiger partial charge in [0.05, 0.1) is 30.9 Å². The molecule has 1 fully saturated rings. The van der Waals surface area contributed by atoms with Crippen molar-refractivity contribution in [1.82, 2.24) is 4.90 Å². The minimum absolute atomic E-state index is 0.0601. The third-order valence-electron chi connectivity index (χ3n) is 3.39. The molecule has 1 aliphatic heterocycles. The van der Waals surface area contributed by atoms with Crippen molar-refractivity contribution in [2.75, 3.05) is 26.4 Å². The average Bonchev–Trinajstić information content (AvgIpc) is 2.53. The van der Waals surface area contributed by atoms with E-state index in [1.165, 1.54) is 0 Å². The Bertz CT molecular complexity index is 541. The first-order chi connectivity index (χ1) is 10.2. The summed E-state index contributed by atoms with van der Waals surface area (Å²) in [7, 11) is 0. The van der Waals surface area contributed by atoms with E-state index in [1.807, 2.05) is 13.0 Å². The minimum atomic E-state index is -0.350. The fourth-order valence-electron chi connectivity index (χ4n) is 2.18. The van der Waals surface area contributed by atoms with E-state index in [2.05, 4.69) is 0 Å². The van der Waals surface area contributed by atoms with Gasteiger partial charge in [0.25, 0.3) is 5.91 Å². The van der Waals surface area contributed by atoms with Gasteiger partial charge in [0.1, 0.15) is 11.8 Å². The highest BCUT2D eigenvalue weighted by molar-refractivity contribution is 5.78. The highest BCUT2D eigenvalue weighted by Gasteiger charge is 2.29. The Hall–Kier alpha value is -2.10. The molecule has 1 heterocycles. The topological polar surface area (TPSA) is 82.8 Å². The van der Waals surface area contributed by atoms with Gasteiger partial charge in [-0.1, -0.05) is 12.1 Å². The number of rotatable bonds is 4. The molecule has 2 rings (SSSR count). The van der Waals surface area contributed by atoms with Crippen LogP contribution in [0.4, 0.5) is 0 Å². The Kier molecular flexibility index (Phi) is 5.14. The molecule has 6 nitrogen and oxygen atoms in total. The van der Waals surface area contributed by atoms with Gasteiger partial charge in [-0.2, -0.15) is 5.26 Å². The molecule has 1 saturated heterocycles. The van der Waals surface area contributed by atoms with Crippen molar-refractivity contribution in [3.63, 3.8) is 0 Å². The summed E-state index contributed by atoms with van der Waals surface area (Å²) in [6.45, 7) is 2.37. The molecule has 1 aliphatic rings. The molecule has 0 aromatic heterocycles. The number of carbonyl (C=O) groups is 1. The van der Waals surface area contributed by atoms with E-state index in [-0.39, 0.29) is 31.3 Å². The van der Waals surface area contributed by atoms with E-state index in [4.69, 9.17) is 19.8 Å². The number of nitriles is 1. The first-order valence-corrected chi connectivity index (χ1v) is 6.79. The summed E-state index contributed by atoms with van der Waals surface area (Å²) in [4.78, 5) is 13.9. The van der Waals surface area contributed by atoms with Crippen LogP contribution in [0.25, 0.3) is 0 Å². The Balaban J connectivity index is 1.96. The van der Waals surface area contributed by atoms with Crippen LogP contribution in [0.5, 0.6) is 5.75 Å². The van der Waals surface area contributed by atoms with E-state index in [9.17, 15) is 4.79 Å². The number of amides is 1. The van der Waals surface area contributed by atoms with Gasteiger partial charge in [-0.15, -0.1) is 0 Å². The Labute approximate surface area is 123 Å². The second-order valence-electron chi connectivity index (χ2n) is 4.93. The number of aliphatic hydroxyl groups is 1. The van der Waals surface area contributed by atoms with Gasteiger partial charge in [0, 0.05) is 6.54 Å². The summed E-state index contributed by atoms with van der Waals surface area (Å²) in [6.07, 6.45) is -0.350. The minimum Gasteiger partial charge on any atom is -0.482 e. The molecular weight excluding hydrogens is 272 g/mol. The van der Waals surface area contributed by atoms with Gasteiger partial charge >= 0.3 is 0 Å². The maximum absolute atomic E-state index is 12.2. The summed E-state index contributed by atoms with van der Waals surface area (Å²) < 4.78 is 10.8. The third kappa shape index (κ3) is 3.72. The molecule has 1 aromatic carbocycles. The fraction of sp³-hybridized carbons (Fsp3) is 0.467. The number of hydrogen-bond donors (Lipinski definition) is 1. The van der Waals surface area contributed by atoms with Crippen molar-refractivity contribution in [2.24, 2.45) is 0 Å². The molecule has 1 aromatic rings. The van der Waals surface area contributed by atoms with E-state index < -0.39 is 0 Å². The van der Waals surface area contributed by atoms with Crippen LogP contribution in [0.2, 0.25) is 0 Å². The first-order valence-electron chi connectivity index (χ1n) is 6.79. The number of carbonyl (C=O) groups excluding carboxylic acids is 1. The summed E-state index contributed by atoms with van der Waals surface area (Å²) in [5, 5.41) is 18.1. The van der Waals surface area contributed by atoms with Crippen LogP contribution in [0.1, 0.15) is 12.5 Å². The number of ether oxygens (including phenoxy) is 2. The van der Waals surface area contributed by atoms with Crippen LogP contribution in [-0.4, -0.2) is 54.4 Å². The van der Waals surface area contributed by atoms with Crippen molar-refractivity contribution in [3.8, 4) is 11.8 Å². The molecule has 2 atom stereocenters. The molecule has 0 aliphatic carbocycles. The molecule has 112 valence electrons.